The minimum Gasteiger partial charge on any atom is -0.330 e. The molecule has 1 aromatic carbocycles. The van der Waals surface area contributed by atoms with Crippen molar-refractivity contribution in [1.29, 1.82) is 0 Å². The Bertz CT molecular complexity index is 884. The number of aryl methyl sites for hydroxylation is 1. The largest absolute Gasteiger partial charge is 0.330 e. The SMILES string of the molecule is O=C1CNC(=O)N1CC(=O)N(Cc1cccnc1)[C@H]1CCCc2ccccc21. The summed E-state index contributed by atoms with van der Waals surface area (Å²) in [5, 5.41) is 2.47. The third kappa shape index (κ3) is 3.60. The molecule has 7 nitrogen and oxygen atoms in total. The topological polar surface area (TPSA) is 82.6 Å². The van der Waals surface area contributed by atoms with Crippen molar-refractivity contribution in [3.05, 3.63) is 65.5 Å². The standard InChI is InChI=1S/C21H22N4O3/c26-19-12-23-21(28)25(19)14-20(27)24(13-15-5-4-10-22-11-15)18-9-3-7-16-6-1-2-8-17(16)18/h1-2,4-6,8,10-11,18H,3,7,9,12-14H2,(H,23,28)/t18-/m0/s1. The van der Waals surface area contributed by atoms with Crippen molar-refractivity contribution < 1.29 is 14.4 Å². The Labute approximate surface area is 163 Å². The first-order valence-corrected chi connectivity index (χ1v) is 9.48. The average molecular weight is 378 g/mol. The quantitative estimate of drug-likeness (QED) is 0.807. The lowest BCUT2D eigenvalue weighted by atomic mass is 9.86. The molecule has 2 heterocycles. The van der Waals surface area contributed by atoms with Crippen LogP contribution in [-0.4, -0.2) is 45.7 Å². The zero-order valence-electron chi connectivity index (χ0n) is 15.5. The Kier molecular flexibility index (Phi) is 5.06. The van der Waals surface area contributed by atoms with Gasteiger partial charge in [0.2, 0.25) is 5.91 Å². The number of rotatable bonds is 5. The normalized spacial score (nSPS) is 18.6. The Morgan fingerprint density at radius 2 is 2.07 bits per heavy atom. The maximum absolute atomic E-state index is 13.2. The number of nitrogens with zero attached hydrogens (tertiary/aromatic N) is 3. The van der Waals surface area contributed by atoms with Gasteiger partial charge in [-0.15, -0.1) is 0 Å². The summed E-state index contributed by atoms with van der Waals surface area (Å²) in [6.07, 6.45) is 6.26. The van der Waals surface area contributed by atoms with Crippen LogP contribution in [0.2, 0.25) is 0 Å². The van der Waals surface area contributed by atoms with E-state index < -0.39 is 6.03 Å². The molecule has 2 aliphatic rings. The van der Waals surface area contributed by atoms with Crippen molar-refractivity contribution in [3.63, 3.8) is 0 Å². The highest BCUT2D eigenvalue weighted by Gasteiger charge is 2.35. The predicted octanol–water partition coefficient (Wildman–Crippen LogP) is 2.04. The lowest BCUT2D eigenvalue weighted by Gasteiger charge is -2.36. The molecule has 144 valence electrons. The lowest BCUT2D eigenvalue weighted by molar-refractivity contribution is -0.139. The van der Waals surface area contributed by atoms with Gasteiger partial charge in [0.05, 0.1) is 12.6 Å². The Morgan fingerprint density at radius 1 is 1.21 bits per heavy atom. The van der Waals surface area contributed by atoms with E-state index in [1.807, 2.05) is 24.3 Å². The van der Waals surface area contributed by atoms with Crippen LogP contribution in [-0.2, 0) is 22.6 Å². The third-order valence-electron chi connectivity index (χ3n) is 5.34. The zero-order valence-corrected chi connectivity index (χ0v) is 15.5. The van der Waals surface area contributed by atoms with Crippen molar-refractivity contribution in [2.75, 3.05) is 13.1 Å². The third-order valence-corrected chi connectivity index (χ3v) is 5.34. The van der Waals surface area contributed by atoms with Crippen LogP contribution in [0.5, 0.6) is 0 Å². The van der Waals surface area contributed by atoms with Crippen LogP contribution in [0.4, 0.5) is 4.79 Å². The predicted molar refractivity (Wildman–Crippen MR) is 102 cm³/mol. The highest BCUT2D eigenvalue weighted by atomic mass is 16.2. The maximum atomic E-state index is 13.2. The summed E-state index contributed by atoms with van der Waals surface area (Å²) in [4.78, 5) is 44.0. The van der Waals surface area contributed by atoms with E-state index in [2.05, 4.69) is 22.4 Å². The molecule has 0 spiro atoms. The summed E-state index contributed by atoms with van der Waals surface area (Å²) >= 11 is 0. The van der Waals surface area contributed by atoms with Gasteiger partial charge in [-0.2, -0.15) is 0 Å². The van der Waals surface area contributed by atoms with Crippen LogP contribution < -0.4 is 5.32 Å². The number of nitrogens with one attached hydrogen (secondary N) is 1. The second kappa shape index (κ2) is 7.80. The summed E-state index contributed by atoms with van der Waals surface area (Å²) in [5.41, 5.74) is 3.30. The Morgan fingerprint density at radius 3 is 2.82 bits per heavy atom. The average Bonchev–Trinajstić information content (AvgIpc) is 3.04. The van der Waals surface area contributed by atoms with Crippen molar-refractivity contribution >= 4 is 17.8 Å². The number of hydrogen-bond donors (Lipinski definition) is 1. The molecule has 28 heavy (non-hydrogen) atoms. The molecule has 1 N–H and O–H groups in total. The highest BCUT2D eigenvalue weighted by molar-refractivity contribution is 6.04. The summed E-state index contributed by atoms with van der Waals surface area (Å²) in [7, 11) is 0. The summed E-state index contributed by atoms with van der Waals surface area (Å²) in [5.74, 6) is -0.611. The van der Waals surface area contributed by atoms with Crippen LogP contribution in [0, 0.1) is 0 Å². The van der Waals surface area contributed by atoms with Crippen LogP contribution in [0.25, 0.3) is 0 Å². The van der Waals surface area contributed by atoms with Gasteiger partial charge >= 0.3 is 6.03 Å². The molecule has 1 aliphatic carbocycles. The van der Waals surface area contributed by atoms with E-state index in [9.17, 15) is 14.4 Å². The van der Waals surface area contributed by atoms with Gasteiger partial charge < -0.3 is 10.2 Å². The Hall–Kier alpha value is -3.22. The van der Waals surface area contributed by atoms with Crippen molar-refractivity contribution in [2.45, 2.75) is 31.8 Å². The van der Waals surface area contributed by atoms with Gasteiger partial charge in [0.25, 0.3) is 5.91 Å². The molecule has 7 heteroatoms. The minimum absolute atomic E-state index is 0.0546. The maximum Gasteiger partial charge on any atom is 0.325 e. The van der Waals surface area contributed by atoms with Crippen LogP contribution in [0.3, 0.4) is 0 Å². The number of aromatic nitrogens is 1. The van der Waals surface area contributed by atoms with E-state index in [4.69, 9.17) is 0 Å². The second-order valence-corrected chi connectivity index (χ2v) is 7.13. The molecule has 1 atom stereocenters. The molecular weight excluding hydrogens is 356 g/mol. The highest BCUT2D eigenvalue weighted by Crippen LogP contribution is 2.35. The van der Waals surface area contributed by atoms with Gasteiger partial charge in [0.15, 0.2) is 0 Å². The molecule has 1 aliphatic heterocycles. The van der Waals surface area contributed by atoms with Gasteiger partial charge in [-0.05, 0) is 42.0 Å². The number of carbonyl (C=O) groups is 3. The van der Waals surface area contributed by atoms with Crippen molar-refractivity contribution in [2.24, 2.45) is 0 Å². The van der Waals surface area contributed by atoms with Gasteiger partial charge in [-0.1, -0.05) is 30.3 Å². The molecular formula is C21H22N4O3. The zero-order chi connectivity index (χ0) is 19.5. The number of carbonyl (C=O) groups excluding carboxylic acids is 3. The molecule has 1 fully saturated rings. The molecule has 4 rings (SSSR count). The fourth-order valence-electron chi connectivity index (χ4n) is 3.95. The van der Waals surface area contributed by atoms with E-state index in [0.29, 0.717) is 6.54 Å². The van der Waals surface area contributed by atoms with E-state index >= 15 is 0 Å². The fraction of sp³-hybridized carbons (Fsp3) is 0.333. The number of amides is 4. The monoisotopic (exact) mass is 378 g/mol. The molecule has 0 unspecified atom stereocenters. The molecule has 4 amide bonds. The number of imide groups is 1. The fourth-order valence-corrected chi connectivity index (χ4v) is 3.95. The molecule has 0 saturated carbocycles. The first-order valence-electron chi connectivity index (χ1n) is 9.48. The molecule has 2 aromatic rings. The van der Waals surface area contributed by atoms with E-state index in [1.54, 1.807) is 17.3 Å². The summed E-state index contributed by atoms with van der Waals surface area (Å²) < 4.78 is 0. The minimum atomic E-state index is -0.510. The number of pyridine rings is 1. The van der Waals surface area contributed by atoms with Crippen LogP contribution in [0.15, 0.2) is 48.8 Å². The van der Waals surface area contributed by atoms with Crippen molar-refractivity contribution in [3.8, 4) is 0 Å². The van der Waals surface area contributed by atoms with Gasteiger partial charge in [-0.3, -0.25) is 19.5 Å². The van der Waals surface area contributed by atoms with Crippen molar-refractivity contribution in [1.82, 2.24) is 20.1 Å². The number of benzene rings is 1. The van der Waals surface area contributed by atoms with E-state index in [0.717, 1.165) is 35.3 Å². The number of fused-ring (bicyclic) bond motifs is 1. The molecule has 1 aromatic heterocycles. The smallest absolute Gasteiger partial charge is 0.325 e. The lowest BCUT2D eigenvalue weighted by Crippen LogP contribution is -2.44. The molecule has 1 saturated heterocycles. The molecule has 0 bridgehead atoms. The number of urea groups is 1. The Balaban J connectivity index is 1.63. The van der Waals surface area contributed by atoms with Gasteiger partial charge in [0, 0.05) is 18.9 Å². The van der Waals surface area contributed by atoms with Crippen LogP contribution in [0.1, 0.15) is 35.6 Å². The van der Waals surface area contributed by atoms with Gasteiger partial charge in [0.1, 0.15) is 6.54 Å². The van der Waals surface area contributed by atoms with E-state index in [1.165, 1.54) is 5.56 Å². The first kappa shape index (κ1) is 18.2. The van der Waals surface area contributed by atoms with E-state index in [-0.39, 0.29) is 30.9 Å². The molecule has 0 radical (unpaired) electrons. The summed E-state index contributed by atoms with van der Waals surface area (Å²) in [6, 6.07) is 11.3. The van der Waals surface area contributed by atoms with Crippen LogP contribution >= 0.6 is 0 Å². The first-order chi connectivity index (χ1) is 13.6. The second-order valence-electron chi connectivity index (χ2n) is 7.13. The van der Waals surface area contributed by atoms with Gasteiger partial charge in [-0.25, -0.2) is 4.79 Å². The number of hydrogen-bond acceptors (Lipinski definition) is 4. The summed E-state index contributed by atoms with van der Waals surface area (Å²) in [6.45, 7) is 0.0832.